The molecule has 17 heavy (non-hydrogen) atoms. The second-order valence-corrected chi connectivity index (χ2v) is 5.02. The smallest absolute Gasteiger partial charge is 0.102 e. The monoisotopic (exact) mass is 250 g/mol. The van der Waals surface area contributed by atoms with Crippen molar-refractivity contribution in [1.29, 1.82) is 0 Å². The molecule has 0 unspecified atom stereocenters. The van der Waals surface area contributed by atoms with Crippen molar-refractivity contribution in [2.45, 2.75) is 25.9 Å². The summed E-state index contributed by atoms with van der Waals surface area (Å²) < 4.78 is 1.74. The number of hydrogen-bond donors (Lipinski definition) is 1. The molecule has 4 nitrogen and oxygen atoms in total. The molecule has 1 aromatic carbocycles. The molecule has 0 atom stereocenters. The Morgan fingerprint density at radius 1 is 1.35 bits per heavy atom. The number of nitrogens with zero attached hydrogens (tertiary/aromatic N) is 3. The van der Waals surface area contributed by atoms with Crippen LogP contribution >= 0.6 is 11.6 Å². The van der Waals surface area contributed by atoms with Crippen LogP contribution in [0.15, 0.2) is 30.5 Å². The number of aromatic nitrogens is 3. The first-order valence-corrected chi connectivity index (χ1v) is 5.77. The van der Waals surface area contributed by atoms with Gasteiger partial charge in [0.05, 0.1) is 18.3 Å². The summed E-state index contributed by atoms with van der Waals surface area (Å²) in [4.78, 5) is 0. The fraction of sp³-hybridized carbons (Fsp3) is 0.333. The lowest BCUT2D eigenvalue weighted by atomic mass is 10.0. The van der Waals surface area contributed by atoms with Crippen LogP contribution in [0.1, 0.15) is 25.1 Å². The number of benzene rings is 1. The van der Waals surface area contributed by atoms with E-state index in [0.29, 0.717) is 6.54 Å². The molecular weight excluding hydrogens is 236 g/mol. The molecular formula is C12H15ClN4. The molecule has 0 aliphatic heterocycles. The summed E-state index contributed by atoms with van der Waals surface area (Å²) in [5, 5.41) is 8.84. The first-order chi connectivity index (χ1) is 7.97. The van der Waals surface area contributed by atoms with E-state index in [9.17, 15) is 0 Å². The van der Waals surface area contributed by atoms with Gasteiger partial charge in [-0.3, -0.25) is 0 Å². The maximum Gasteiger partial charge on any atom is 0.102 e. The van der Waals surface area contributed by atoms with E-state index in [1.807, 2.05) is 44.3 Å². The van der Waals surface area contributed by atoms with Crippen LogP contribution in [0, 0.1) is 0 Å². The Bertz CT molecular complexity index is 513. The number of nitrogens with two attached hydrogens (primary N) is 1. The summed E-state index contributed by atoms with van der Waals surface area (Å²) in [7, 11) is 0. The Kier molecular flexibility index (Phi) is 3.17. The maximum atomic E-state index is 6.08. The van der Waals surface area contributed by atoms with E-state index >= 15 is 0 Å². The molecule has 0 aliphatic carbocycles. The van der Waals surface area contributed by atoms with Gasteiger partial charge >= 0.3 is 0 Å². The lowest BCUT2D eigenvalue weighted by Gasteiger charge is -2.13. The van der Waals surface area contributed by atoms with E-state index in [4.69, 9.17) is 17.3 Å². The Morgan fingerprint density at radius 3 is 2.65 bits per heavy atom. The number of halogens is 1. The summed E-state index contributed by atoms with van der Waals surface area (Å²) in [6.07, 6.45) is 1.85. The molecule has 0 radical (unpaired) electrons. The standard InChI is InChI=1S/C12H15ClN4/c1-12(2,14)11-8-17(16-15-11)7-9-5-3-4-6-10(9)13/h3-6,8H,7,14H2,1-2H3. The van der Waals surface area contributed by atoms with Crippen LogP contribution in [0.5, 0.6) is 0 Å². The zero-order valence-corrected chi connectivity index (χ0v) is 10.6. The van der Waals surface area contributed by atoms with Crippen molar-refractivity contribution in [2.75, 3.05) is 0 Å². The van der Waals surface area contributed by atoms with E-state index in [-0.39, 0.29) is 0 Å². The Balaban J connectivity index is 2.21. The van der Waals surface area contributed by atoms with Gasteiger partial charge in [-0.15, -0.1) is 5.10 Å². The average molecular weight is 251 g/mol. The van der Waals surface area contributed by atoms with E-state index in [0.717, 1.165) is 16.3 Å². The Labute approximate surface area is 105 Å². The van der Waals surface area contributed by atoms with Gasteiger partial charge in [-0.25, -0.2) is 4.68 Å². The van der Waals surface area contributed by atoms with Gasteiger partial charge in [0.2, 0.25) is 0 Å². The molecule has 1 heterocycles. The number of rotatable bonds is 3. The van der Waals surface area contributed by atoms with Gasteiger partial charge < -0.3 is 5.73 Å². The van der Waals surface area contributed by atoms with Crippen molar-refractivity contribution in [2.24, 2.45) is 5.73 Å². The van der Waals surface area contributed by atoms with Crippen LogP contribution in [0.4, 0.5) is 0 Å². The Morgan fingerprint density at radius 2 is 2.06 bits per heavy atom. The van der Waals surface area contributed by atoms with Crippen molar-refractivity contribution < 1.29 is 0 Å². The van der Waals surface area contributed by atoms with Crippen molar-refractivity contribution in [3.05, 3.63) is 46.7 Å². The van der Waals surface area contributed by atoms with Gasteiger partial charge in [0.25, 0.3) is 0 Å². The molecule has 2 aromatic rings. The summed E-state index contributed by atoms with van der Waals surface area (Å²) in [5.41, 5.74) is 7.26. The highest BCUT2D eigenvalue weighted by atomic mass is 35.5. The highest BCUT2D eigenvalue weighted by Gasteiger charge is 2.18. The molecule has 0 spiro atoms. The van der Waals surface area contributed by atoms with E-state index in [2.05, 4.69) is 10.3 Å². The molecule has 0 amide bonds. The third kappa shape index (κ3) is 2.84. The van der Waals surface area contributed by atoms with Crippen molar-refractivity contribution in [3.63, 3.8) is 0 Å². The Hall–Kier alpha value is -1.39. The molecule has 0 fully saturated rings. The van der Waals surface area contributed by atoms with Gasteiger partial charge in [0.1, 0.15) is 5.69 Å². The molecule has 0 saturated heterocycles. The summed E-state index contributed by atoms with van der Waals surface area (Å²) >= 11 is 6.08. The van der Waals surface area contributed by atoms with E-state index in [1.165, 1.54) is 0 Å². The second-order valence-electron chi connectivity index (χ2n) is 4.61. The zero-order chi connectivity index (χ0) is 12.5. The first-order valence-electron chi connectivity index (χ1n) is 5.40. The molecule has 2 N–H and O–H groups in total. The zero-order valence-electron chi connectivity index (χ0n) is 9.89. The van der Waals surface area contributed by atoms with Gasteiger partial charge in [0.15, 0.2) is 0 Å². The minimum atomic E-state index is -0.473. The van der Waals surface area contributed by atoms with Gasteiger partial charge in [-0.05, 0) is 25.5 Å². The summed E-state index contributed by atoms with van der Waals surface area (Å²) in [5.74, 6) is 0. The minimum absolute atomic E-state index is 0.473. The first kappa shape index (κ1) is 12.1. The minimum Gasteiger partial charge on any atom is -0.320 e. The lowest BCUT2D eigenvalue weighted by Crippen LogP contribution is -2.29. The number of hydrogen-bond acceptors (Lipinski definition) is 3. The van der Waals surface area contributed by atoms with Crippen LogP contribution < -0.4 is 5.73 Å². The van der Waals surface area contributed by atoms with Gasteiger partial charge in [-0.2, -0.15) is 0 Å². The normalized spacial score (nSPS) is 11.8. The SMILES string of the molecule is CC(C)(N)c1cn(Cc2ccccc2Cl)nn1. The van der Waals surface area contributed by atoms with E-state index in [1.54, 1.807) is 4.68 Å². The van der Waals surface area contributed by atoms with Crippen LogP contribution in [-0.4, -0.2) is 15.0 Å². The molecule has 5 heteroatoms. The fourth-order valence-electron chi connectivity index (χ4n) is 1.47. The van der Waals surface area contributed by atoms with Gasteiger partial charge in [-0.1, -0.05) is 35.0 Å². The largest absolute Gasteiger partial charge is 0.320 e. The fourth-order valence-corrected chi connectivity index (χ4v) is 1.67. The van der Waals surface area contributed by atoms with Crippen LogP contribution in [0.25, 0.3) is 0 Å². The van der Waals surface area contributed by atoms with Crippen LogP contribution in [0.2, 0.25) is 5.02 Å². The van der Waals surface area contributed by atoms with Gasteiger partial charge in [0, 0.05) is 5.02 Å². The predicted molar refractivity (Wildman–Crippen MR) is 67.8 cm³/mol. The van der Waals surface area contributed by atoms with E-state index < -0.39 is 5.54 Å². The summed E-state index contributed by atoms with van der Waals surface area (Å²) in [6, 6.07) is 7.69. The predicted octanol–water partition coefficient (Wildman–Crippen LogP) is 2.17. The molecule has 0 saturated carbocycles. The quantitative estimate of drug-likeness (QED) is 0.908. The highest BCUT2D eigenvalue weighted by molar-refractivity contribution is 6.31. The topological polar surface area (TPSA) is 56.7 Å². The van der Waals surface area contributed by atoms with Crippen LogP contribution in [-0.2, 0) is 12.1 Å². The third-order valence-electron chi connectivity index (χ3n) is 2.49. The average Bonchev–Trinajstić information content (AvgIpc) is 2.69. The molecule has 0 aliphatic rings. The van der Waals surface area contributed by atoms with Crippen molar-refractivity contribution in [3.8, 4) is 0 Å². The molecule has 0 bridgehead atoms. The molecule has 90 valence electrons. The lowest BCUT2D eigenvalue weighted by molar-refractivity contribution is 0.533. The third-order valence-corrected chi connectivity index (χ3v) is 2.86. The maximum absolute atomic E-state index is 6.08. The van der Waals surface area contributed by atoms with Crippen molar-refractivity contribution >= 4 is 11.6 Å². The highest BCUT2D eigenvalue weighted by Crippen LogP contribution is 2.17. The van der Waals surface area contributed by atoms with Crippen LogP contribution in [0.3, 0.4) is 0 Å². The summed E-state index contributed by atoms with van der Waals surface area (Å²) in [6.45, 7) is 4.40. The molecule has 1 aromatic heterocycles. The second kappa shape index (κ2) is 4.47. The molecule has 2 rings (SSSR count). The van der Waals surface area contributed by atoms with Crippen molar-refractivity contribution in [1.82, 2.24) is 15.0 Å².